The van der Waals surface area contributed by atoms with E-state index in [1.807, 2.05) is 24.4 Å². The zero-order chi connectivity index (χ0) is 19.9. The molecule has 1 N–H and O–H groups in total. The lowest BCUT2D eigenvalue weighted by Crippen LogP contribution is -2.53. The number of carbonyl (C=O) groups is 2. The second-order valence-electron chi connectivity index (χ2n) is 6.80. The minimum Gasteiger partial charge on any atom is -0.459 e. The maximum Gasteiger partial charge on any atom is 0.396 e. The first-order valence-electron chi connectivity index (χ1n) is 9.65. The normalized spacial score (nSPS) is 17.0. The van der Waals surface area contributed by atoms with Gasteiger partial charge in [0.25, 0.3) is 0 Å². The van der Waals surface area contributed by atoms with E-state index in [-0.39, 0.29) is 18.7 Å². The van der Waals surface area contributed by atoms with E-state index in [1.165, 1.54) is 10.6 Å². The number of hydrogen-bond donors (Lipinski definition) is 1. The Labute approximate surface area is 170 Å². The SMILES string of the molecule is CCOC(=O)C(=O)N[C@H](C)[C@H](c1cccs1)N1CCN(c2ccccc2)CC1. The van der Waals surface area contributed by atoms with Crippen LogP contribution in [0.2, 0.25) is 0 Å². The Kier molecular flexibility index (Phi) is 7.06. The van der Waals surface area contributed by atoms with Crippen molar-refractivity contribution in [2.45, 2.75) is 25.9 Å². The lowest BCUT2D eigenvalue weighted by molar-refractivity contribution is -0.155. The molecule has 1 aromatic heterocycles. The molecule has 1 aliphatic rings. The molecule has 2 atom stereocenters. The summed E-state index contributed by atoms with van der Waals surface area (Å²) in [7, 11) is 0. The van der Waals surface area contributed by atoms with Crippen LogP contribution in [0.4, 0.5) is 5.69 Å². The highest BCUT2D eigenvalue weighted by Crippen LogP contribution is 2.30. The molecule has 2 aromatic rings. The van der Waals surface area contributed by atoms with Gasteiger partial charge in [0.1, 0.15) is 0 Å². The third-order valence-corrected chi connectivity index (χ3v) is 5.90. The summed E-state index contributed by atoms with van der Waals surface area (Å²) in [6.45, 7) is 7.44. The van der Waals surface area contributed by atoms with Crippen molar-refractivity contribution in [2.75, 3.05) is 37.7 Å². The first-order valence-corrected chi connectivity index (χ1v) is 10.5. The van der Waals surface area contributed by atoms with E-state index in [9.17, 15) is 9.59 Å². The molecule has 0 aliphatic carbocycles. The van der Waals surface area contributed by atoms with Crippen LogP contribution in [0.15, 0.2) is 47.8 Å². The van der Waals surface area contributed by atoms with Gasteiger partial charge in [-0.05, 0) is 37.4 Å². The van der Waals surface area contributed by atoms with Gasteiger partial charge in [-0.2, -0.15) is 0 Å². The van der Waals surface area contributed by atoms with Crippen molar-refractivity contribution in [2.24, 2.45) is 0 Å². The minimum absolute atomic E-state index is 0.0244. The van der Waals surface area contributed by atoms with Crippen molar-refractivity contribution >= 4 is 28.9 Å². The number of anilines is 1. The number of benzene rings is 1. The van der Waals surface area contributed by atoms with Gasteiger partial charge in [-0.15, -0.1) is 11.3 Å². The van der Waals surface area contributed by atoms with E-state index in [0.717, 1.165) is 26.2 Å². The van der Waals surface area contributed by atoms with Crippen molar-refractivity contribution < 1.29 is 14.3 Å². The summed E-state index contributed by atoms with van der Waals surface area (Å²) in [5.41, 5.74) is 1.23. The molecule has 0 saturated carbocycles. The maximum atomic E-state index is 12.1. The molecule has 0 spiro atoms. The van der Waals surface area contributed by atoms with Crippen LogP contribution in [0.3, 0.4) is 0 Å². The molecule has 0 unspecified atom stereocenters. The quantitative estimate of drug-likeness (QED) is 0.596. The lowest BCUT2D eigenvalue weighted by atomic mass is 10.0. The standard InChI is InChI=1S/C21H27N3O3S/c1-3-27-21(26)20(25)22-16(2)19(18-10-7-15-28-18)24-13-11-23(12-14-24)17-8-5-4-6-9-17/h4-10,15-16,19H,3,11-14H2,1-2H3,(H,22,25)/t16-,19-/m1/s1. The van der Waals surface area contributed by atoms with E-state index < -0.39 is 11.9 Å². The summed E-state index contributed by atoms with van der Waals surface area (Å²) in [6.07, 6.45) is 0. The van der Waals surface area contributed by atoms with E-state index in [4.69, 9.17) is 4.74 Å². The molecule has 1 fully saturated rings. The number of rotatable bonds is 6. The highest BCUT2D eigenvalue weighted by atomic mass is 32.1. The van der Waals surface area contributed by atoms with E-state index in [1.54, 1.807) is 18.3 Å². The topological polar surface area (TPSA) is 61.9 Å². The third-order valence-electron chi connectivity index (χ3n) is 4.96. The molecule has 7 heteroatoms. The van der Waals surface area contributed by atoms with Crippen molar-refractivity contribution in [3.63, 3.8) is 0 Å². The molecule has 150 valence electrons. The Morgan fingerprint density at radius 1 is 1.11 bits per heavy atom. The zero-order valence-electron chi connectivity index (χ0n) is 16.3. The van der Waals surface area contributed by atoms with Gasteiger partial charge in [0, 0.05) is 42.8 Å². The number of piperazine rings is 1. The van der Waals surface area contributed by atoms with Crippen LogP contribution < -0.4 is 10.2 Å². The predicted octanol–water partition coefficient (Wildman–Crippen LogP) is 2.68. The van der Waals surface area contributed by atoms with E-state index in [2.05, 4.69) is 45.4 Å². The van der Waals surface area contributed by atoms with Gasteiger partial charge in [-0.1, -0.05) is 24.3 Å². The largest absolute Gasteiger partial charge is 0.459 e. The van der Waals surface area contributed by atoms with Crippen LogP contribution in [0.25, 0.3) is 0 Å². The van der Waals surface area contributed by atoms with Crippen LogP contribution >= 0.6 is 11.3 Å². The Hall–Kier alpha value is -2.38. The summed E-state index contributed by atoms with van der Waals surface area (Å²) < 4.78 is 4.81. The number of ether oxygens (including phenoxy) is 1. The number of nitrogens with zero attached hydrogens (tertiary/aromatic N) is 2. The highest BCUT2D eigenvalue weighted by molar-refractivity contribution is 7.10. The van der Waals surface area contributed by atoms with Crippen molar-refractivity contribution in [3.8, 4) is 0 Å². The molecule has 0 radical (unpaired) electrons. The van der Waals surface area contributed by atoms with Crippen LogP contribution in [0.1, 0.15) is 24.8 Å². The van der Waals surface area contributed by atoms with Gasteiger partial charge in [-0.25, -0.2) is 4.79 Å². The zero-order valence-corrected chi connectivity index (χ0v) is 17.2. The first-order chi connectivity index (χ1) is 13.6. The second-order valence-corrected chi connectivity index (χ2v) is 7.78. The Morgan fingerprint density at radius 3 is 2.43 bits per heavy atom. The molecule has 1 aliphatic heterocycles. The fourth-order valence-corrected chi connectivity index (χ4v) is 4.60. The van der Waals surface area contributed by atoms with Crippen LogP contribution in [-0.2, 0) is 14.3 Å². The maximum absolute atomic E-state index is 12.1. The summed E-state index contributed by atoms with van der Waals surface area (Å²) in [6, 6.07) is 14.3. The Balaban J connectivity index is 1.68. The fraction of sp³-hybridized carbons (Fsp3) is 0.429. The van der Waals surface area contributed by atoms with Gasteiger partial charge in [0.05, 0.1) is 12.6 Å². The molecular weight excluding hydrogens is 374 g/mol. The number of amides is 1. The smallest absolute Gasteiger partial charge is 0.396 e. The molecular formula is C21H27N3O3S. The van der Waals surface area contributed by atoms with Gasteiger partial charge in [-0.3, -0.25) is 9.69 Å². The minimum atomic E-state index is -0.826. The predicted molar refractivity (Wildman–Crippen MR) is 112 cm³/mol. The van der Waals surface area contributed by atoms with Gasteiger partial charge in [0.15, 0.2) is 0 Å². The summed E-state index contributed by atoms with van der Waals surface area (Å²) in [5.74, 6) is -1.51. The lowest BCUT2D eigenvalue weighted by Gasteiger charge is -2.42. The van der Waals surface area contributed by atoms with Crippen LogP contribution in [0.5, 0.6) is 0 Å². The average Bonchev–Trinajstić information content (AvgIpc) is 3.24. The molecule has 3 rings (SSSR count). The van der Waals surface area contributed by atoms with E-state index in [0.29, 0.717) is 0 Å². The van der Waals surface area contributed by atoms with Crippen molar-refractivity contribution in [1.29, 1.82) is 0 Å². The fourth-order valence-electron chi connectivity index (χ4n) is 3.64. The average molecular weight is 402 g/mol. The molecule has 0 bridgehead atoms. The summed E-state index contributed by atoms with van der Waals surface area (Å²) in [4.78, 5) is 29.8. The molecule has 1 saturated heterocycles. The first kappa shape index (κ1) is 20.4. The molecule has 6 nitrogen and oxygen atoms in total. The van der Waals surface area contributed by atoms with Gasteiger partial charge in [0.2, 0.25) is 0 Å². The molecule has 28 heavy (non-hydrogen) atoms. The highest BCUT2D eigenvalue weighted by Gasteiger charge is 2.32. The second kappa shape index (κ2) is 9.71. The summed E-state index contributed by atoms with van der Waals surface area (Å²) in [5, 5.41) is 4.88. The Morgan fingerprint density at radius 2 is 1.82 bits per heavy atom. The molecule has 1 amide bonds. The van der Waals surface area contributed by atoms with Gasteiger partial charge >= 0.3 is 11.9 Å². The Bertz CT molecular complexity index is 758. The number of nitrogens with one attached hydrogen (secondary N) is 1. The van der Waals surface area contributed by atoms with Gasteiger partial charge < -0.3 is 15.0 Å². The molecule has 1 aromatic carbocycles. The number of esters is 1. The summed E-state index contributed by atoms with van der Waals surface area (Å²) >= 11 is 1.67. The molecule has 2 heterocycles. The number of carbonyl (C=O) groups excluding carboxylic acids is 2. The monoisotopic (exact) mass is 401 g/mol. The van der Waals surface area contributed by atoms with Crippen LogP contribution in [-0.4, -0.2) is 55.6 Å². The van der Waals surface area contributed by atoms with Crippen molar-refractivity contribution in [3.05, 3.63) is 52.7 Å². The number of thiophene rings is 1. The third kappa shape index (κ3) is 4.91. The number of hydrogen-bond acceptors (Lipinski definition) is 6. The van der Waals surface area contributed by atoms with Crippen LogP contribution in [0, 0.1) is 0 Å². The number of para-hydroxylation sites is 1. The van der Waals surface area contributed by atoms with E-state index >= 15 is 0 Å². The van der Waals surface area contributed by atoms with Crippen molar-refractivity contribution in [1.82, 2.24) is 10.2 Å².